The SMILES string of the molecule is CC1COCCC1C(=O)c1cccc2cccnc12. The van der Waals surface area contributed by atoms with Gasteiger partial charge in [-0.2, -0.15) is 0 Å². The van der Waals surface area contributed by atoms with Crippen LogP contribution in [0.1, 0.15) is 23.7 Å². The molecule has 0 N–H and O–H groups in total. The molecule has 0 spiro atoms. The zero-order valence-corrected chi connectivity index (χ0v) is 11.0. The molecule has 2 unspecified atom stereocenters. The van der Waals surface area contributed by atoms with Crippen molar-refractivity contribution in [3.05, 3.63) is 42.1 Å². The zero-order valence-electron chi connectivity index (χ0n) is 11.0. The Kier molecular flexibility index (Phi) is 3.30. The second kappa shape index (κ2) is 5.10. The Bertz CT molecular complexity index is 603. The normalized spacial score (nSPS) is 23.4. The molecule has 1 aliphatic rings. The van der Waals surface area contributed by atoms with E-state index in [1.54, 1.807) is 6.20 Å². The Morgan fingerprint density at radius 3 is 3.00 bits per heavy atom. The van der Waals surface area contributed by atoms with Crippen molar-refractivity contribution < 1.29 is 9.53 Å². The number of fused-ring (bicyclic) bond motifs is 1. The molecule has 2 aromatic rings. The molecule has 19 heavy (non-hydrogen) atoms. The van der Waals surface area contributed by atoms with Crippen molar-refractivity contribution in [2.45, 2.75) is 13.3 Å². The molecule has 2 atom stereocenters. The fraction of sp³-hybridized carbons (Fsp3) is 0.375. The Hall–Kier alpha value is -1.74. The van der Waals surface area contributed by atoms with Crippen LogP contribution in [0.5, 0.6) is 0 Å². The number of hydrogen-bond acceptors (Lipinski definition) is 3. The zero-order chi connectivity index (χ0) is 13.2. The smallest absolute Gasteiger partial charge is 0.168 e. The summed E-state index contributed by atoms with van der Waals surface area (Å²) in [7, 11) is 0. The Balaban J connectivity index is 2.01. The van der Waals surface area contributed by atoms with Crippen LogP contribution < -0.4 is 0 Å². The topological polar surface area (TPSA) is 39.2 Å². The number of benzene rings is 1. The number of carbonyl (C=O) groups is 1. The Labute approximate surface area is 112 Å². The van der Waals surface area contributed by atoms with Crippen molar-refractivity contribution >= 4 is 16.7 Å². The first kappa shape index (κ1) is 12.3. The van der Waals surface area contributed by atoms with Gasteiger partial charge in [0, 0.05) is 36.3 Å². The molecule has 1 aromatic heterocycles. The first-order valence-electron chi connectivity index (χ1n) is 6.73. The van der Waals surface area contributed by atoms with Crippen molar-refractivity contribution in [2.24, 2.45) is 11.8 Å². The lowest BCUT2D eigenvalue weighted by Gasteiger charge is -2.27. The van der Waals surface area contributed by atoms with E-state index in [4.69, 9.17) is 4.74 Å². The Morgan fingerprint density at radius 2 is 2.16 bits per heavy atom. The molecule has 3 rings (SSSR count). The van der Waals surface area contributed by atoms with Crippen molar-refractivity contribution in [1.82, 2.24) is 4.98 Å². The minimum atomic E-state index is 0.0568. The summed E-state index contributed by atoms with van der Waals surface area (Å²) in [4.78, 5) is 17.1. The molecule has 0 radical (unpaired) electrons. The molecular weight excluding hydrogens is 238 g/mol. The van der Waals surface area contributed by atoms with Crippen molar-refractivity contribution in [1.29, 1.82) is 0 Å². The highest BCUT2D eigenvalue weighted by atomic mass is 16.5. The molecule has 3 nitrogen and oxygen atoms in total. The van der Waals surface area contributed by atoms with Gasteiger partial charge in [0.2, 0.25) is 0 Å². The number of ether oxygens (including phenoxy) is 1. The van der Waals surface area contributed by atoms with E-state index < -0.39 is 0 Å². The minimum absolute atomic E-state index is 0.0568. The maximum absolute atomic E-state index is 12.7. The summed E-state index contributed by atoms with van der Waals surface area (Å²) in [6, 6.07) is 9.70. The fourth-order valence-corrected chi connectivity index (χ4v) is 2.77. The summed E-state index contributed by atoms with van der Waals surface area (Å²) >= 11 is 0. The maximum atomic E-state index is 12.7. The van der Waals surface area contributed by atoms with Gasteiger partial charge in [-0.25, -0.2) is 0 Å². The summed E-state index contributed by atoms with van der Waals surface area (Å²) in [6.07, 6.45) is 2.55. The van der Waals surface area contributed by atoms with E-state index in [9.17, 15) is 4.79 Å². The van der Waals surface area contributed by atoms with E-state index in [0.717, 1.165) is 22.9 Å². The Morgan fingerprint density at radius 1 is 1.32 bits per heavy atom. The fourth-order valence-electron chi connectivity index (χ4n) is 2.77. The second-order valence-corrected chi connectivity index (χ2v) is 5.19. The third kappa shape index (κ3) is 2.26. The summed E-state index contributed by atoms with van der Waals surface area (Å²) in [6.45, 7) is 3.44. The number of hydrogen-bond donors (Lipinski definition) is 0. The van der Waals surface area contributed by atoms with Crippen LogP contribution in [0, 0.1) is 11.8 Å². The van der Waals surface area contributed by atoms with Crippen LogP contribution in [0.2, 0.25) is 0 Å². The number of aromatic nitrogens is 1. The average molecular weight is 255 g/mol. The van der Waals surface area contributed by atoms with E-state index in [1.165, 1.54) is 0 Å². The molecule has 0 aliphatic carbocycles. The van der Waals surface area contributed by atoms with Gasteiger partial charge in [0.1, 0.15) is 0 Å². The molecule has 0 saturated carbocycles. The van der Waals surface area contributed by atoms with E-state index in [0.29, 0.717) is 13.2 Å². The van der Waals surface area contributed by atoms with Crippen LogP contribution in [0.3, 0.4) is 0 Å². The van der Waals surface area contributed by atoms with Gasteiger partial charge in [0.15, 0.2) is 5.78 Å². The van der Waals surface area contributed by atoms with Crippen LogP contribution in [-0.4, -0.2) is 24.0 Å². The third-order valence-corrected chi connectivity index (χ3v) is 3.88. The monoisotopic (exact) mass is 255 g/mol. The third-order valence-electron chi connectivity index (χ3n) is 3.88. The van der Waals surface area contributed by atoms with Crippen molar-refractivity contribution in [2.75, 3.05) is 13.2 Å². The van der Waals surface area contributed by atoms with E-state index >= 15 is 0 Å². The van der Waals surface area contributed by atoms with Gasteiger partial charge < -0.3 is 4.74 Å². The largest absolute Gasteiger partial charge is 0.381 e. The van der Waals surface area contributed by atoms with Gasteiger partial charge in [-0.1, -0.05) is 25.1 Å². The van der Waals surface area contributed by atoms with Gasteiger partial charge in [0.25, 0.3) is 0 Å². The number of carbonyl (C=O) groups excluding carboxylic acids is 1. The minimum Gasteiger partial charge on any atom is -0.381 e. The van der Waals surface area contributed by atoms with E-state index in [2.05, 4.69) is 11.9 Å². The summed E-state index contributed by atoms with van der Waals surface area (Å²) in [5, 5.41) is 1.02. The van der Waals surface area contributed by atoms with Gasteiger partial charge in [0.05, 0.1) is 5.52 Å². The molecule has 1 aliphatic heterocycles. The highest BCUT2D eigenvalue weighted by Gasteiger charge is 2.30. The molecule has 2 heterocycles. The number of rotatable bonds is 2. The number of nitrogens with zero attached hydrogens (tertiary/aromatic N) is 1. The predicted molar refractivity (Wildman–Crippen MR) is 74.2 cm³/mol. The molecule has 0 bridgehead atoms. The van der Waals surface area contributed by atoms with Crippen molar-refractivity contribution in [3.8, 4) is 0 Å². The number of pyridine rings is 1. The van der Waals surface area contributed by atoms with Crippen LogP contribution in [0.15, 0.2) is 36.5 Å². The standard InChI is InChI=1S/C16H17NO2/c1-11-10-19-9-7-13(11)16(18)14-6-2-4-12-5-3-8-17-15(12)14/h2-6,8,11,13H,7,9-10H2,1H3. The number of para-hydroxylation sites is 1. The molecule has 1 aromatic carbocycles. The maximum Gasteiger partial charge on any atom is 0.168 e. The van der Waals surface area contributed by atoms with Gasteiger partial charge in [-0.3, -0.25) is 9.78 Å². The van der Waals surface area contributed by atoms with Crippen LogP contribution in [0.25, 0.3) is 10.9 Å². The lowest BCUT2D eigenvalue weighted by molar-refractivity contribution is 0.0242. The summed E-state index contributed by atoms with van der Waals surface area (Å²) in [5.74, 6) is 0.543. The van der Waals surface area contributed by atoms with Gasteiger partial charge in [-0.15, -0.1) is 0 Å². The van der Waals surface area contributed by atoms with Gasteiger partial charge in [-0.05, 0) is 24.5 Å². The summed E-state index contributed by atoms with van der Waals surface area (Å²) in [5.41, 5.74) is 1.56. The lowest BCUT2D eigenvalue weighted by atomic mass is 9.83. The lowest BCUT2D eigenvalue weighted by Crippen LogP contribution is -2.31. The number of Topliss-reactive ketones (excluding diaryl/α,β-unsaturated/α-hetero) is 1. The van der Waals surface area contributed by atoms with E-state index in [1.807, 2.05) is 30.3 Å². The molecule has 3 heteroatoms. The first-order chi connectivity index (χ1) is 9.27. The molecular formula is C16H17NO2. The van der Waals surface area contributed by atoms with E-state index in [-0.39, 0.29) is 17.6 Å². The number of ketones is 1. The molecule has 98 valence electrons. The molecule has 1 saturated heterocycles. The van der Waals surface area contributed by atoms with Crippen LogP contribution >= 0.6 is 0 Å². The molecule has 1 fully saturated rings. The van der Waals surface area contributed by atoms with Crippen LogP contribution in [0.4, 0.5) is 0 Å². The van der Waals surface area contributed by atoms with Crippen LogP contribution in [-0.2, 0) is 4.74 Å². The second-order valence-electron chi connectivity index (χ2n) is 5.19. The highest BCUT2D eigenvalue weighted by molar-refractivity contribution is 6.07. The van der Waals surface area contributed by atoms with Gasteiger partial charge >= 0.3 is 0 Å². The molecule has 0 amide bonds. The first-order valence-corrected chi connectivity index (χ1v) is 6.73. The predicted octanol–water partition coefficient (Wildman–Crippen LogP) is 3.09. The average Bonchev–Trinajstić information content (AvgIpc) is 2.46. The quantitative estimate of drug-likeness (QED) is 0.774. The summed E-state index contributed by atoms with van der Waals surface area (Å²) < 4.78 is 5.42. The highest BCUT2D eigenvalue weighted by Crippen LogP contribution is 2.27. The van der Waals surface area contributed by atoms with Crippen molar-refractivity contribution in [3.63, 3.8) is 0 Å².